The van der Waals surface area contributed by atoms with E-state index in [0.29, 0.717) is 5.82 Å². The van der Waals surface area contributed by atoms with E-state index in [4.69, 9.17) is 0 Å². The average Bonchev–Trinajstić information content (AvgIpc) is 2.34. The fraction of sp³-hybridized carbons (Fsp3) is 0.0909. The fourth-order valence-corrected chi connectivity index (χ4v) is 1.26. The lowest BCUT2D eigenvalue weighted by Crippen LogP contribution is -2.04. The number of hydrogen-bond acceptors (Lipinski definition) is 3. The number of halogens is 3. The lowest BCUT2D eigenvalue weighted by atomic mass is 10.3. The lowest BCUT2D eigenvalue weighted by Gasteiger charge is -2.06. The summed E-state index contributed by atoms with van der Waals surface area (Å²) in [6, 6.07) is 3.41. The van der Waals surface area contributed by atoms with E-state index < -0.39 is 17.5 Å². The standard InChI is InChI=1S/C11H8F3N3/c12-8-4-7(5-9(13)11(8)14)17-6-10-15-2-1-3-16-10/h1-5,17H,6H2. The number of hydrogen-bond donors (Lipinski definition) is 1. The Hall–Kier alpha value is -2.11. The van der Waals surface area contributed by atoms with Gasteiger partial charge < -0.3 is 5.32 Å². The number of nitrogens with one attached hydrogen (secondary N) is 1. The maximum atomic E-state index is 12.9. The van der Waals surface area contributed by atoms with Gasteiger partial charge >= 0.3 is 0 Å². The van der Waals surface area contributed by atoms with Gasteiger partial charge in [0.1, 0.15) is 5.82 Å². The number of nitrogens with zero attached hydrogens (tertiary/aromatic N) is 2. The van der Waals surface area contributed by atoms with Gasteiger partial charge in [0.2, 0.25) is 0 Å². The molecule has 1 aromatic carbocycles. The summed E-state index contributed by atoms with van der Waals surface area (Å²) in [6.07, 6.45) is 3.10. The third kappa shape index (κ3) is 2.72. The van der Waals surface area contributed by atoms with Crippen LogP contribution in [0.1, 0.15) is 5.82 Å². The molecule has 0 amide bonds. The number of aromatic nitrogens is 2. The van der Waals surface area contributed by atoms with E-state index in [1.54, 1.807) is 18.5 Å². The van der Waals surface area contributed by atoms with Crippen molar-refractivity contribution in [2.75, 3.05) is 5.32 Å². The van der Waals surface area contributed by atoms with Gasteiger partial charge in [-0.15, -0.1) is 0 Å². The van der Waals surface area contributed by atoms with Crippen LogP contribution in [0.2, 0.25) is 0 Å². The molecule has 6 heteroatoms. The van der Waals surface area contributed by atoms with Crippen molar-refractivity contribution < 1.29 is 13.2 Å². The Kier molecular flexibility index (Phi) is 3.22. The highest BCUT2D eigenvalue weighted by Gasteiger charge is 2.10. The maximum Gasteiger partial charge on any atom is 0.194 e. The summed E-state index contributed by atoms with van der Waals surface area (Å²) >= 11 is 0. The van der Waals surface area contributed by atoms with Crippen molar-refractivity contribution in [2.45, 2.75) is 6.54 Å². The first-order valence-electron chi connectivity index (χ1n) is 4.81. The van der Waals surface area contributed by atoms with Crippen molar-refractivity contribution in [3.8, 4) is 0 Å². The number of rotatable bonds is 3. The first-order chi connectivity index (χ1) is 8.16. The molecule has 3 nitrogen and oxygen atoms in total. The molecule has 1 heterocycles. The second-order valence-electron chi connectivity index (χ2n) is 3.27. The first-order valence-corrected chi connectivity index (χ1v) is 4.81. The van der Waals surface area contributed by atoms with Crippen LogP contribution in [-0.2, 0) is 6.54 Å². The SMILES string of the molecule is Fc1cc(NCc2ncccn2)cc(F)c1F. The maximum absolute atomic E-state index is 12.9. The molecule has 0 fully saturated rings. The minimum absolute atomic E-state index is 0.133. The summed E-state index contributed by atoms with van der Waals surface area (Å²) in [6.45, 7) is 0.200. The molecule has 2 rings (SSSR count). The normalized spacial score (nSPS) is 10.3. The van der Waals surface area contributed by atoms with Gasteiger partial charge in [-0.1, -0.05) is 0 Å². The predicted molar refractivity (Wildman–Crippen MR) is 55.7 cm³/mol. The lowest BCUT2D eigenvalue weighted by molar-refractivity contribution is 0.447. The second-order valence-corrected chi connectivity index (χ2v) is 3.27. The zero-order chi connectivity index (χ0) is 12.3. The van der Waals surface area contributed by atoms with Gasteiger partial charge in [-0.25, -0.2) is 23.1 Å². The van der Waals surface area contributed by atoms with Crippen LogP contribution >= 0.6 is 0 Å². The van der Waals surface area contributed by atoms with Crippen LogP contribution in [0.4, 0.5) is 18.9 Å². The van der Waals surface area contributed by atoms with E-state index in [1.165, 1.54) is 0 Å². The summed E-state index contributed by atoms with van der Waals surface area (Å²) in [5, 5.41) is 2.70. The second kappa shape index (κ2) is 4.82. The molecule has 17 heavy (non-hydrogen) atoms. The van der Waals surface area contributed by atoms with Crippen molar-refractivity contribution in [3.63, 3.8) is 0 Å². The zero-order valence-electron chi connectivity index (χ0n) is 8.62. The molecule has 0 saturated heterocycles. The fourth-order valence-electron chi connectivity index (χ4n) is 1.26. The largest absolute Gasteiger partial charge is 0.378 e. The Morgan fingerprint density at radius 3 is 2.18 bits per heavy atom. The van der Waals surface area contributed by atoms with Gasteiger partial charge in [0.25, 0.3) is 0 Å². The third-order valence-electron chi connectivity index (χ3n) is 2.05. The Labute approximate surface area is 95.3 Å². The van der Waals surface area contributed by atoms with Crippen LogP contribution in [0.5, 0.6) is 0 Å². The summed E-state index contributed by atoms with van der Waals surface area (Å²) in [7, 11) is 0. The van der Waals surface area contributed by atoms with Crippen LogP contribution in [-0.4, -0.2) is 9.97 Å². The van der Waals surface area contributed by atoms with E-state index >= 15 is 0 Å². The number of benzene rings is 1. The van der Waals surface area contributed by atoms with Crippen molar-refractivity contribution in [2.24, 2.45) is 0 Å². The van der Waals surface area contributed by atoms with E-state index in [1.807, 2.05) is 0 Å². The molecule has 0 bridgehead atoms. The minimum Gasteiger partial charge on any atom is -0.378 e. The molecule has 0 unspecified atom stereocenters. The van der Waals surface area contributed by atoms with Crippen molar-refractivity contribution >= 4 is 5.69 Å². The third-order valence-corrected chi connectivity index (χ3v) is 2.05. The van der Waals surface area contributed by atoms with Crippen molar-refractivity contribution in [1.82, 2.24) is 9.97 Å². The van der Waals surface area contributed by atoms with Crippen molar-refractivity contribution in [1.29, 1.82) is 0 Å². The molecule has 0 saturated carbocycles. The van der Waals surface area contributed by atoms with E-state index in [0.717, 1.165) is 12.1 Å². The predicted octanol–water partition coefficient (Wildman–Crippen LogP) is 2.51. The summed E-state index contributed by atoms with van der Waals surface area (Å²) in [5.74, 6) is -3.48. The Bertz CT molecular complexity index is 494. The Morgan fingerprint density at radius 1 is 1.00 bits per heavy atom. The van der Waals surface area contributed by atoms with Gasteiger partial charge in [0.15, 0.2) is 17.5 Å². The van der Waals surface area contributed by atoms with Crippen LogP contribution < -0.4 is 5.32 Å². The average molecular weight is 239 g/mol. The van der Waals surface area contributed by atoms with E-state index in [-0.39, 0.29) is 12.2 Å². The molecule has 0 radical (unpaired) electrons. The van der Waals surface area contributed by atoms with E-state index in [9.17, 15) is 13.2 Å². The highest BCUT2D eigenvalue weighted by Crippen LogP contribution is 2.17. The number of anilines is 1. The van der Waals surface area contributed by atoms with Gasteiger partial charge in [-0.2, -0.15) is 0 Å². The molecular weight excluding hydrogens is 231 g/mol. The summed E-state index contributed by atoms with van der Waals surface area (Å²) in [5.41, 5.74) is 0.133. The molecule has 2 aromatic rings. The monoisotopic (exact) mass is 239 g/mol. The molecule has 1 aromatic heterocycles. The van der Waals surface area contributed by atoms with Gasteiger partial charge in [0, 0.05) is 30.2 Å². The summed E-state index contributed by atoms with van der Waals surface area (Å²) in [4.78, 5) is 7.84. The van der Waals surface area contributed by atoms with Gasteiger partial charge in [-0.05, 0) is 6.07 Å². The molecule has 1 N–H and O–H groups in total. The first kappa shape index (κ1) is 11.4. The molecule has 0 spiro atoms. The highest BCUT2D eigenvalue weighted by atomic mass is 19.2. The molecule has 0 aliphatic carbocycles. The van der Waals surface area contributed by atoms with Gasteiger partial charge in [-0.3, -0.25) is 0 Å². The van der Waals surface area contributed by atoms with Crippen LogP contribution in [0.15, 0.2) is 30.6 Å². The highest BCUT2D eigenvalue weighted by molar-refractivity contribution is 5.44. The summed E-state index contributed by atoms with van der Waals surface area (Å²) < 4.78 is 38.4. The molecular formula is C11H8F3N3. The topological polar surface area (TPSA) is 37.8 Å². The zero-order valence-corrected chi connectivity index (χ0v) is 8.62. The smallest absolute Gasteiger partial charge is 0.194 e. The molecule has 0 aliphatic rings. The minimum atomic E-state index is -1.48. The van der Waals surface area contributed by atoms with E-state index in [2.05, 4.69) is 15.3 Å². The molecule has 0 atom stereocenters. The quantitative estimate of drug-likeness (QED) is 0.836. The molecule has 0 aliphatic heterocycles. The van der Waals surface area contributed by atoms with Crippen molar-refractivity contribution in [3.05, 3.63) is 53.9 Å². The van der Waals surface area contributed by atoms with Crippen LogP contribution in [0.3, 0.4) is 0 Å². The van der Waals surface area contributed by atoms with Crippen LogP contribution in [0.25, 0.3) is 0 Å². The van der Waals surface area contributed by atoms with Crippen LogP contribution in [0, 0.1) is 17.5 Å². The Morgan fingerprint density at radius 2 is 1.59 bits per heavy atom. The van der Waals surface area contributed by atoms with Gasteiger partial charge in [0.05, 0.1) is 6.54 Å². The molecule has 88 valence electrons. The Balaban J connectivity index is 2.10.